The van der Waals surface area contributed by atoms with Gasteiger partial charge in [-0.3, -0.25) is 4.98 Å². The zero-order chi connectivity index (χ0) is 11.8. The van der Waals surface area contributed by atoms with Crippen LogP contribution in [0.3, 0.4) is 0 Å². The van der Waals surface area contributed by atoms with E-state index in [2.05, 4.69) is 4.98 Å². The largest absolute Gasteiger partial charge is 0.281 e. The van der Waals surface area contributed by atoms with E-state index in [9.17, 15) is 21.6 Å². The molecule has 3 nitrogen and oxygen atoms in total. The van der Waals surface area contributed by atoms with Gasteiger partial charge in [0.25, 0.3) is 15.5 Å². The number of halogens is 4. The molecule has 1 rings (SSSR count). The molecule has 0 spiro atoms. The van der Waals surface area contributed by atoms with Crippen LogP contribution < -0.4 is 0 Å². The van der Waals surface area contributed by atoms with Crippen molar-refractivity contribution in [3.63, 3.8) is 0 Å². The van der Waals surface area contributed by atoms with Crippen molar-refractivity contribution in [3.8, 4) is 0 Å². The molecule has 0 N–H and O–H groups in total. The fraction of sp³-hybridized carbons (Fsp3) is 0.286. The summed E-state index contributed by atoms with van der Waals surface area (Å²) in [6.07, 6.45) is -2.60. The standard InChI is InChI=1S/C7H5ClF3NO2S/c1-3-4(9)2-12-5(7(10)11)6(3)15(8,13)14/h2,7H,1H3. The van der Waals surface area contributed by atoms with Gasteiger partial charge in [0.1, 0.15) is 16.4 Å². The maximum atomic E-state index is 12.9. The molecule has 1 aromatic rings. The van der Waals surface area contributed by atoms with E-state index in [4.69, 9.17) is 10.7 Å². The Morgan fingerprint density at radius 1 is 1.47 bits per heavy atom. The quantitative estimate of drug-likeness (QED) is 0.766. The van der Waals surface area contributed by atoms with Crippen LogP contribution in [0.25, 0.3) is 0 Å². The smallest absolute Gasteiger partial charge is 0.251 e. The summed E-state index contributed by atoms with van der Waals surface area (Å²) < 4.78 is 59.6. The van der Waals surface area contributed by atoms with Crippen LogP contribution in [-0.4, -0.2) is 13.4 Å². The molecule has 1 aromatic heterocycles. The third kappa shape index (κ3) is 2.40. The summed E-state index contributed by atoms with van der Waals surface area (Å²) in [5, 5.41) is 0. The van der Waals surface area contributed by atoms with Gasteiger partial charge in [-0.15, -0.1) is 0 Å². The van der Waals surface area contributed by atoms with E-state index in [1.807, 2.05) is 0 Å². The van der Waals surface area contributed by atoms with Crippen LogP contribution in [0.5, 0.6) is 0 Å². The second kappa shape index (κ2) is 3.97. The lowest BCUT2D eigenvalue weighted by molar-refractivity contribution is 0.142. The van der Waals surface area contributed by atoms with Gasteiger partial charge in [-0.05, 0) is 6.92 Å². The average molecular weight is 260 g/mol. The molecule has 0 bridgehead atoms. The van der Waals surface area contributed by atoms with Crippen molar-refractivity contribution in [2.24, 2.45) is 0 Å². The van der Waals surface area contributed by atoms with Gasteiger partial charge >= 0.3 is 0 Å². The number of alkyl halides is 2. The van der Waals surface area contributed by atoms with Crippen LogP contribution >= 0.6 is 10.7 Å². The second-order valence-corrected chi connectivity index (χ2v) is 5.19. The summed E-state index contributed by atoms with van der Waals surface area (Å²) in [5.74, 6) is -1.00. The van der Waals surface area contributed by atoms with Crippen LogP contribution in [0, 0.1) is 12.7 Å². The molecule has 0 radical (unpaired) electrons. The highest BCUT2D eigenvalue weighted by atomic mass is 35.7. The molecule has 0 atom stereocenters. The molecule has 0 amide bonds. The molecule has 0 unspecified atom stereocenters. The van der Waals surface area contributed by atoms with Gasteiger partial charge in [-0.25, -0.2) is 21.6 Å². The summed E-state index contributed by atoms with van der Waals surface area (Å²) in [5.41, 5.74) is -1.50. The molecular formula is C7H5ClF3NO2S. The summed E-state index contributed by atoms with van der Waals surface area (Å²) in [4.78, 5) is 2.06. The van der Waals surface area contributed by atoms with Gasteiger partial charge in [0, 0.05) is 16.2 Å². The van der Waals surface area contributed by atoms with Gasteiger partial charge in [0.05, 0.1) is 6.20 Å². The highest BCUT2D eigenvalue weighted by Crippen LogP contribution is 2.30. The second-order valence-electron chi connectivity index (χ2n) is 2.68. The summed E-state index contributed by atoms with van der Waals surface area (Å²) >= 11 is 0. The van der Waals surface area contributed by atoms with Gasteiger partial charge < -0.3 is 0 Å². The number of aromatic nitrogens is 1. The highest BCUT2D eigenvalue weighted by molar-refractivity contribution is 8.13. The van der Waals surface area contributed by atoms with E-state index in [1.165, 1.54) is 0 Å². The van der Waals surface area contributed by atoms with Crippen molar-refractivity contribution in [2.75, 3.05) is 0 Å². The Kier molecular flexibility index (Phi) is 3.25. The van der Waals surface area contributed by atoms with Crippen LogP contribution in [0.15, 0.2) is 11.1 Å². The van der Waals surface area contributed by atoms with E-state index < -0.39 is 37.4 Å². The van der Waals surface area contributed by atoms with Crippen molar-refractivity contribution in [1.82, 2.24) is 4.98 Å². The monoisotopic (exact) mass is 259 g/mol. The van der Waals surface area contributed by atoms with Gasteiger partial charge in [-0.2, -0.15) is 0 Å². The first-order valence-electron chi connectivity index (χ1n) is 3.63. The minimum atomic E-state index is -4.44. The minimum absolute atomic E-state index is 0.463. The van der Waals surface area contributed by atoms with Crippen LogP contribution in [0.2, 0.25) is 0 Å². The topological polar surface area (TPSA) is 47.0 Å². The lowest BCUT2D eigenvalue weighted by atomic mass is 10.2. The van der Waals surface area contributed by atoms with E-state index in [1.54, 1.807) is 0 Å². The molecule has 8 heteroatoms. The van der Waals surface area contributed by atoms with E-state index in [-0.39, 0.29) is 0 Å². The maximum absolute atomic E-state index is 12.9. The van der Waals surface area contributed by atoms with Crippen molar-refractivity contribution in [1.29, 1.82) is 0 Å². The lowest BCUT2D eigenvalue weighted by Gasteiger charge is -2.08. The lowest BCUT2D eigenvalue weighted by Crippen LogP contribution is -2.06. The van der Waals surface area contributed by atoms with Crippen molar-refractivity contribution in [3.05, 3.63) is 23.3 Å². The molecule has 0 fully saturated rings. The van der Waals surface area contributed by atoms with Crippen molar-refractivity contribution < 1.29 is 21.6 Å². The fourth-order valence-corrected chi connectivity index (χ4v) is 2.48. The van der Waals surface area contributed by atoms with Crippen LogP contribution in [0.1, 0.15) is 17.7 Å². The Bertz CT molecular complexity index is 489. The highest BCUT2D eigenvalue weighted by Gasteiger charge is 2.27. The molecule has 0 saturated carbocycles. The molecule has 0 aliphatic carbocycles. The zero-order valence-corrected chi connectivity index (χ0v) is 8.91. The number of hydrogen-bond donors (Lipinski definition) is 0. The Labute approximate surface area is 88.3 Å². The van der Waals surface area contributed by atoms with Gasteiger partial charge in [0.2, 0.25) is 0 Å². The first kappa shape index (κ1) is 12.3. The molecule has 0 aliphatic rings. The number of nitrogens with zero attached hydrogens (tertiary/aromatic N) is 1. The van der Waals surface area contributed by atoms with E-state index >= 15 is 0 Å². The van der Waals surface area contributed by atoms with Crippen LogP contribution in [0.4, 0.5) is 13.2 Å². The number of pyridine rings is 1. The third-order valence-electron chi connectivity index (χ3n) is 1.70. The first-order chi connectivity index (χ1) is 6.75. The van der Waals surface area contributed by atoms with Gasteiger partial charge in [0.15, 0.2) is 0 Å². The van der Waals surface area contributed by atoms with Crippen molar-refractivity contribution in [2.45, 2.75) is 18.2 Å². The predicted octanol–water partition coefficient (Wildman–Crippen LogP) is 2.39. The molecule has 15 heavy (non-hydrogen) atoms. The van der Waals surface area contributed by atoms with Crippen molar-refractivity contribution >= 4 is 19.7 Å². The predicted molar refractivity (Wildman–Crippen MR) is 46.9 cm³/mol. The fourth-order valence-electron chi connectivity index (χ4n) is 1.05. The van der Waals surface area contributed by atoms with Gasteiger partial charge in [-0.1, -0.05) is 0 Å². The summed E-state index contributed by atoms with van der Waals surface area (Å²) in [6, 6.07) is 0. The molecule has 0 aliphatic heterocycles. The molecule has 0 saturated heterocycles. The molecule has 1 heterocycles. The Balaban J connectivity index is 3.65. The zero-order valence-electron chi connectivity index (χ0n) is 7.34. The number of rotatable bonds is 2. The maximum Gasteiger partial charge on any atom is 0.281 e. The Morgan fingerprint density at radius 2 is 2.00 bits per heavy atom. The Hall–Kier alpha value is -0.820. The first-order valence-corrected chi connectivity index (χ1v) is 5.94. The molecule has 84 valence electrons. The normalized spacial score (nSPS) is 12.1. The minimum Gasteiger partial charge on any atom is -0.251 e. The molecular weight excluding hydrogens is 255 g/mol. The SMILES string of the molecule is Cc1c(F)cnc(C(F)F)c1S(=O)(=O)Cl. The number of hydrogen-bond acceptors (Lipinski definition) is 3. The average Bonchev–Trinajstić information content (AvgIpc) is 2.06. The Morgan fingerprint density at radius 3 is 2.40 bits per heavy atom. The summed E-state index contributed by atoms with van der Waals surface area (Å²) in [6.45, 7) is 1.04. The van der Waals surface area contributed by atoms with Crippen LogP contribution in [-0.2, 0) is 9.05 Å². The van der Waals surface area contributed by atoms with E-state index in [0.717, 1.165) is 6.92 Å². The summed E-state index contributed by atoms with van der Waals surface area (Å²) in [7, 11) is 0.475. The third-order valence-corrected chi connectivity index (χ3v) is 3.16. The van der Waals surface area contributed by atoms with E-state index in [0.29, 0.717) is 6.20 Å². The molecule has 0 aromatic carbocycles.